The molecule has 2 aromatic carbocycles. The number of esters is 1. The number of carbonyl (C=O) groups is 3. The number of anilines is 1. The summed E-state index contributed by atoms with van der Waals surface area (Å²) in [6.45, 7) is 0. The summed E-state index contributed by atoms with van der Waals surface area (Å²) in [6.07, 6.45) is -0.820. The molecule has 2 atom stereocenters. The number of halogens is 1. The van der Waals surface area contributed by atoms with Crippen LogP contribution in [0.4, 0.5) is 10.1 Å². The van der Waals surface area contributed by atoms with E-state index in [1.165, 1.54) is 24.3 Å². The van der Waals surface area contributed by atoms with Gasteiger partial charge in [-0.2, -0.15) is 0 Å². The second kappa shape index (κ2) is 9.17. The maximum Gasteiger partial charge on any atom is 0.308 e. The predicted octanol–water partition coefficient (Wildman–Crippen LogP) is 2.00. The lowest BCUT2D eigenvalue weighted by Crippen LogP contribution is -2.37. The Hall–Kier alpha value is -3.75. The second-order valence-corrected chi connectivity index (χ2v) is 6.88. The molecule has 0 bridgehead atoms. The number of hydrogen-bond acceptors (Lipinski definition) is 5. The van der Waals surface area contributed by atoms with Crippen LogP contribution in [-0.4, -0.2) is 29.7 Å². The van der Waals surface area contributed by atoms with E-state index in [1.807, 2.05) is 0 Å². The number of ether oxygens (including phenoxy) is 1. The fraction of sp³-hybridized carbons (Fsp3) is 0.238. The van der Waals surface area contributed by atoms with Crippen molar-refractivity contribution in [2.24, 2.45) is 5.73 Å². The summed E-state index contributed by atoms with van der Waals surface area (Å²) in [5.41, 5.74) is 7.03. The number of cyclic esters (lactones) is 1. The lowest BCUT2D eigenvalue weighted by molar-refractivity contribution is -0.141. The number of nitrogens with one attached hydrogen (secondary N) is 3. The van der Waals surface area contributed by atoms with Crippen molar-refractivity contribution >= 4 is 29.3 Å². The van der Waals surface area contributed by atoms with Gasteiger partial charge in [0.2, 0.25) is 11.8 Å². The quantitative estimate of drug-likeness (QED) is 0.313. The summed E-state index contributed by atoms with van der Waals surface area (Å²) in [7, 11) is 0. The Morgan fingerprint density at radius 2 is 1.70 bits per heavy atom. The van der Waals surface area contributed by atoms with Gasteiger partial charge >= 0.3 is 5.97 Å². The molecule has 156 valence electrons. The van der Waals surface area contributed by atoms with Gasteiger partial charge in [-0.15, -0.1) is 0 Å². The molecule has 2 amide bonds. The average molecular weight is 412 g/mol. The van der Waals surface area contributed by atoms with E-state index in [-0.39, 0.29) is 31.0 Å². The van der Waals surface area contributed by atoms with Crippen LogP contribution in [0.5, 0.6) is 0 Å². The van der Waals surface area contributed by atoms with E-state index < -0.39 is 29.8 Å². The SMILES string of the molecule is N=C(N)c1ccc(NC(=O)CCC(=O)N[C@H]2CC(=O)O[C@@H]2c2ccc(F)cc2)cc1. The number of amides is 2. The van der Waals surface area contributed by atoms with Crippen molar-refractivity contribution in [2.75, 3.05) is 5.32 Å². The highest BCUT2D eigenvalue weighted by molar-refractivity contribution is 5.96. The molecule has 1 saturated heterocycles. The lowest BCUT2D eigenvalue weighted by atomic mass is 10.0. The van der Waals surface area contributed by atoms with Gasteiger partial charge in [-0.1, -0.05) is 12.1 Å². The molecule has 8 nitrogen and oxygen atoms in total. The van der Waals surface area contributed by atoms with Crippen LogP contribution in [-0.2, 0) is 19.1 Å². The first-order valence-corrected chi connectivity index (χ1v) is 9.30. The summed E-state index contributed by atoms with van der Waals surface area (Å²) in [4.78, 5) is 36.0. The minimum atomic E-state index is -0.698. The molecular formula is C21H21FN4O4. The van der Waals surface area contributed by atoms with E-state index in [4.69, 9.17) is 15.9 Å². The first-order chi connectivity index (χ1) is 14.3. The molecule has 1 aliphatic rings. The van der Waals surface area contributed by atoms with E-state index in [0.29, 0.717) is 16.8 Å². The smallest absolute Gasteiger partial charge is 0.308 e. The molecule has 0 unspecified atom stereocenters. The van der Waals surface area contributed by atoms with Crippen molar-refractivity contribution in [2.45, 2.75) is 31.4 Å². The van der Waals surface area contributed by atoms with Gasteiger partial charge in [0.05, 0.1) is 12.5 Å². The number of nitrogens with two attached hydrogens (primary N) is 1. The zero-order chi connectivity index (χ0) is 21.7. The Kier molecular flexibility index (Phi) is 6.41. The summed E-state index contributed by atoms with van der Waals surface area (Å²) in [5, 5.41) is 12.7. The Balaban J connectivity index is 1.50. The van der Waals surface area contributed by atoms with Crippen LogP contribution < -0.4 is 16.4 Å². The third-order valence-corrected chi connectivity index (χ3v) is 4.61. The summed E-state index contributed by atoms with van der Waals surface area (Å²) >= 11 is 0. The molecule has 1 aliphatic heterocycles. The molecule has 1 fully saturated rings. The van der Waals surface area contributed by atoms with E-state index in [9.17, 15) is 18.8 Å². The topological polar surface area (TPSA) is 134 Å². The fourth-order valence-electron chi connectivity index (χ4n) is 3.10. The maximum atomic E-state index is 13.1. The maximum absolute atomic E-state index is 13.1. The summed E-state index contributed by atoms with van der Waals surface area (Å²) in [5.74, 6) is -1.69. The highest BCUT2D eigenvalue weighted by Gasteiger charge is 2.36. The van der Waals surface area contributed by atoms with E-state index in [1.54, 1.807) is 24.3 Å². The Morgan fingerprint density at radius 1 is 1.07 bits per heavy atom. The van der Waals surface area contributed by atoms with Gasteiger partial charge in [0.1, 0.15) is 17.8 Å². The number of nitrogen functional groups attached to an aromatic ring is 1. The normalized spacial score (nSPS) is 17.8. The first kappa shape index (κ1) is 21.0. The monoisotopic (exact) mass is 412 g/mol. The predicted molar refractivity (Wildman–Crippen MR) is 107 cm³/mol. The van der Waals surface area contributed by atoms with Gasteiger partial charge in [-0.25, -0.2) is 4.39 Å². The number of hydrogen-bond donors (Lipinski definition) is 4. The lowest BCUT2D eigenvalue weighted by Gasteiger charge is -2.19. The van der Waals surface area contributed by atoms with E-state index in [0.717, 1.165) is 0 Å². The third-order valence-electron chi connectivity index (χ3n) is 4.61. The zero-order valence-corrected chi connectivity index (χ0v) is 16.0. The Bertz CT molecular complexity index is 960. The minimum absolute atomic E-state index is 0.00246. The second-order valence-electron chi connectivity index (χ2n) is 6.88. The van der Waals surface area contributed by atoms with Crippen LogP contribution in [0.1, 0.15) is 36.5 Å². The van der Waals surface area contributed by atoms with Crippen molar-refractivity contribution in [3.63, 3.8) is 0 Å². The number of amidine groups is 1. The molecule has 9 heteroatoms. The van der Waals surface area contributed by atoms with Crippen LogP contribution in [0.25, 0.3) is 0 Å². The van der Waals surface area contributed by atoms with Crippen molar-refractivity contribution in [3.05, 3.63) is 65.5 Å². The van der Waals surface area contributed by atoms with Crippen LogP contribution in [0.15, 0.2) is 48.5 Å². The van der Waals surface area contributed by atoms with Gasteiger partial charge in [0.15, 0.2) is 0 Å². The molecular weight excluding hydrogens is 391 g/mol. The van der Waals surface area contributed by atoms with Crippen molar-refractivity contribution in [1.82, 2.24) is 5.32 Å². The largest absolute Gasteiger partial charge is 0.455 e. The van der Waals surface area contributed by atoms with E-state index in [2.05, 4.69) is 10.6 Å². The molecule has 0 radical (unpaired) electrons. The van der Waals surface area contributed by atoms with Gasteiger partial charge in [0, 0.05) is 24.1 Å². The van der Waals surface area contributed by atoms with Gasteiger partial charge < -0.3 is 21.1 Å². The third kappa shape index (κ3) is 5.40. The van der Waals surface area contributed by atoms with Crippen LogP contribution in [0, 0.1) is 11.2 Å². The molecule has 3 rings (SSSR count). The highest BCUT2D eigenvalue weighted by atomic mass is 19.1. The summed E-state index contributed by atoms with van der Waals surface area (Å²) in [6, 6.07) is 11.4. The molecule has 0 aliphatic carbocycles. The zero-order valence-electron chi connectivity index (χ0n) is 16.0. The highest BCUT2D eigenvalue weighted by Crippen LogP contribution is 2.30. The standard InChI is InChI=1S/C21H21FN4O4/c22-14-5-1-12(2-6-14)20-16(11-19(29)30-20)26-18(28)10-9-17(27)25-15-7-3-13(4-8-15)21(23)24/h1-8,16,20H,9-11H2,(H3,23,24)(H,25,27)(H,26,28)/t16-,20+/m0/s1. The average Bonchev–Trinajstić information content (AvgIpc) is 3.07. The minimum Gasteiger partial charge on any atom is -0.455 e. The van der Waals surface area contributed by atoms with Crippen LogP contribution in [0.3, 0.4) is 0 Å². The number of benzene rings is 2. The van der Waals surface area contributed by atoms with Crippen molar-refractivity contribution in [1.29, 1.82) is 5.41 Å². The van der Waals surface area contributed by atoms with Gasteiger partial charge in [-0.05, 0) is 42.0 Å². The molecule has 30 heavy (non-hydrogen) atoms. The first-order valence-electron chi connectivity index (χ1n) is 9.30. The van der Waals surface area contributed by atoms with Crippen molar-refractivity contribution in [3.8, 4) is 0 Å². The molecule has 0 spiro atoms. The molecule has 0 aromatic heterocycles. The van der Waals surface area contributed by atoms with E-state index >= 15 is 0 Å². The summed E-state index contributed by atoms with van der Waals surface area (Å²) < 4.78 is 18.4. The molecule has 1 heterocycles. The van der Waals surface area contributed by atoms with Crippen molar-refractivity contribution < 1.29 is 23.5 Å². The number of carbonyl (C=O) groups excluding carboxylic acids is 3. The fourth-order valence-corrected chi connectivity index (χ4v) is 3.10. The molecule has 0 saturated carbocycles. The van der Waals surface area contributed by atoms with Crippen LogP contribution >= 0.6 is 0 Å². The Morgan fingerprint density at radius 3 is 2.33 bits per heavy atom. The van der Waals surface area contributed by atoms with Gasteiger partial charge in [0.25, 0.3) is 0 Å². The van der Waals surface area contributed by atoms with Crippen LogP contribution in [0.2, 0.25) is 0 Å². The Labute approximate surface area is 172 Å². The number of rotatable bonds is 7. The molecule has 5 N–H and O–H groups in total. The van der Waals surface area contributed by atoms with Gasteiger partial charge in [-0.3, -0.25) is 19.8 Å². The molecule has 2 aromatic rings.